The predicted molar refractivity (Wildman–Crippen MR) is 33.6 cm³/mol. The van der Waals surface area contributed by atoms with Gasteiger partial charge in [-0.2, -0.15) is 0 Å². The molecule has 0 saturated heterocycles. The molecular formula is C3H7BrO2S. The third kappa shape index (κ3) is 3.34. The van der Waals surface area contributed by atoms with E-state index in [1.54, 1.807) is 6.92 Å². The summed E-state index contributed by atoms with van der Waals surface area (Å²) >= 11 is 1.93. The minimum atomic E-state index is -1.11. The van der Waals surface area contributed by atoms with E-state index in [2.05, 4.69) is 15.9 Å². The van der Waals surface area contributed by atoms with Crippen LogP contribution in [0.5, 0.6) is 0 Å². The van der Waals surface area contributed by atoms with Gasteiger partial charge in [-0.25, -0.2) is 0 Å². The smallest absolute Gasteiger partial charge is 0.204 e. The lowest BCUT2D eigenvalue weighted by Gasteiger charge is -2.07. The molecule has 0 fully saturated rings. The molecule has 0 rings (SSSR count). The number of alkyl halides is 1. The molecule has 0 aliphatic rings. The summed E-state index contributed by atoms with van der Waals surface area (Å²) in [6.45, 7) is 1.73. The van der Waals surface area contributed by atoms with Crippen molar-refractivity contribution in [1.29, 1.82) is 0 Å². The first-order valence-electron chi connectivity index (χ1n) is 1.80. The maximum atomic E-state index is 10.3. The van der Waals surface area contributed by atoms with E-state index >= 15 is 0 Å². The van der Waals surface area contributed by atoms with Gasteiger partial charge in [0.1, 0.15) is 0 Å². The summed E-state index contributed by atoms with van der Waals surface area (Å²) in [4.78, 5) is 0. The summed E-state index contributed by atoms with van der Waals surface area (Å²) in [5, 5.41) is 8.18. The van der Waals surface area contributed by atoms with Gasteiger partial charge in [0.25, 0.3) is 0 Å². The van der Waals surface area contributed by atoms with Crippen molar-refractivity contribution >= 4 is 27.1 Å². The molecule has 0 aromatic carbocycles. The number of hydrogen-bond donors (Lipinski definition) is 1. The fourth-order valence-corrected chi connectivity index (χ4v) is 0.663. The van der Waals surface area contributed by atoms with Crippen molar-refractivity contribution in [3.05, 3.63) is 0 Å². The van der Waals surface area contributed by atoms with Gasteiger partial charge in [-0.15, -0.1) is 0 Å². The minimum Gasteiger partial charge on any atom is -0.614 e. The highest BCUT2D eigenvalue weighted by Gasteiger charge is 2.08. The lowest BCUT2D eigenvalue weighted by molar-refractivity contribution is 0.358. The van der Waals surface area contributed by atoms with Crippen LogP contribution in [-0.4, -0.2) is 19.8 Å². The van der Waals surface area contributed by atoms with E-state index < -0.39 is 11.2 Å². The second-order valence-electron chi connectivity index (χ2n) is 1.05. The molecule has 2 atom stereocenters. The first kappa shape index (κ1) is 7.75. The van der Waals surface area contributed by atoms with Crippen LogP contribution in [0.25, 0.3) is 0 Å². The molecule has 44 valence electrons. The number of aliphatic hydroxyl groups is 1. The normalized spacial score (nSPS) is 18.9. The van der Waals surface area contributed by atoms with Gasteiger partial charge in [0, 0.05) is 0 Å². The summed E-state index contributed by atoms with van der Waals surface area (Å²) < 4.78 is 10.2. The lowest BCUT2D eigenvalue weighted by atomic mass is 11.0. The zero-order valence-corrected chi connectivity index (χ0v) is 6.33. The predicted octanol–water partition coefficient (Wildman–Crippen LogP) is 0.426. The van der Waals surface area contributed by atoms with Gasteiger partial charge >= 0.3 is 0 Å². The molecule has 7 heavy (non-hydrogen) atoms. The van der Waals surface area contributed by atoms with Gasteiger partial charge in [0.15, 0.2) is 4.16 Å². The number of hydrogen-bond acceptors (Lipinski definition) is 2. The zero-order chi connectivity index (χ0) is 5.86. The summed E-state index contributed by atoms with van der Waals surface area (Å²) in [5.74, 6) is -0.258. The van der Waals surface area contributed by atoms with Crippen molar-refractivity contribution in [1.82, 2.24) is 0 Å². The molecule has 0 amide bonds. The third-order valence-corrected chi connectivity index (χ3v) is 2.72. The SMILES string of the molecule is CC(Br)[S+]([O-])CO. The van der Waals surface area contributed by atoms with Crippen molar-refractivity contribution in [2.75, 3.05) is 5.94 Å². The Bertz CT molecular complexity index is 50.2. The fourth-order valence-electron chi connectivity index (χ4n) is 0.103. The second kappa shape index (κ2) is 3.72. The Hall–Kier alpha value is 0.750. The highest BCUT2D eigenvalue weighted by atomic mass is 79.9. The maximum Gasteiger partial charge on any atom is 0.204 e. The van der Waals surface area contributed by atoms with Crippen molar-refractivity contribution < 1.29 is 9.66 Å². The summed E-state index contributed by atoms with van der Waals surface area (Å²) in [6.07, 6.45) is 0. The quantitative estimate of drug-likeness (QED) is 0.503. The first-order valence-corrected chi connectivity index (χ1v) is 4.10. The van der Waals surface area contributed by atoms with Gasteiger partial charge in [0.05, 0.1) is 0 Å². The van der Waals surface area contributed by atoms with Crippen LogP contribution in [0.4, 0.5) is 0 Å². The van der Waals surface area contributed by atoms with Crippen LogP contribution in [0.15, 0.2) is 0 Å². The topological polar surface area (TPSA) is 43.3 Å². The summed E-state index contributed by atoms with van der Waals surface area (Å²) in [5.41, 5.74) is 0. The molecule has 0 saturated carbocycles. The van der Waals surface area contributed by atoms with Gasteiger partial charge < -0.3 is 9.66 Å². The average Bonchev–Trinajstić information content (AvgIpc) is 1.65. The Morgan fingerprint density at radius 1 is 2.00 bits per heavy atom. The fraction of sp³-hybridized carbons (Fsp3) is 1.00. The van der Waals surface area contributed by atoms with Crippen LogP contribution in [0, 0.1) is 0 Å². The van der Waals surface area contributed by atoms with E-state index in [4.69, 9.17) is 5.11 Å². The van der Waals surface area contributed by atoms with Crippen molar-refractivity contribution in [2.24, 2.45) is 0 Å². The Morgan fingerprint density at radius 3 is 2.43 bits per heavy atom. The Morgan fingerprint density at radius 2 is 2.43 bits per heavy atom. The molecule has 0 aromatic rings. The van der Waals surface area contributed by atoms with E-state index in [9.17, 15) is 4.55 Å². The minimum absolute atomic E-state index is 0.0995. The summed E-state index contributed by atoms with van der Waals surface area (Å²) in [6, 6.07) is 0. The van der Waals surface area contributed by atoms with Crippen molar-refractivity contribution in [3.63, 3.8) is 0 Å². The Kier molecular flexibility index (Phi) is 4.11. The molecule has 0 aliphatic carbocycles. The molecular weight excluding hydrogens is 180 g/mol. The average molecular weight is 187 g/mol. The molecule has 4 heteroatoms. The zero-order valence-electron chi connectivity index (χ0n) is 3.93. The third-order valence-electron chi connectivity index (χ3n) is 0.489. The lowest BCUT2D eigenvalue weighted by Crippen LogP contribution is -2.14. The molecule has 0 heterocycles. The van der Waals surface area contributed by atoms with Gasteiger partial charge in [-0.1, -0.05) is 0 Å². The number of aliphatic hydroxyl groups excluding tert-OH is 1. The van der Waals surface area contributed by atoms with E-state index in [-0.39, 0.29) is 10.1 Å². The van der Waals surface area contributed by atoms with E-state index in [1.165, 1.54) is 0 Å². The molecule has 2 nitrogen and oxygen atoms in total. The van der Waals surface area contributed by atoms with Crippen LogP contribution < -0.4 is 0 Å². The highest BCUT2D eigenvalue weighted by molar-refractivity contribution is 9.11. The van der Waals surface area contributed by atoms with E-state index in [0.717, 1.165) is 0 Å². The maximum absolute atomic E-state index is 10.3. The molecule has 0 spiro atoms. The standard InChI is InChI=1S/C3H7BrO2S/c1-3(4)7(6)2-5/h3,5H,2H2,1H3. The van der Waals surface area contributed by atoms with Crippen molar-refractivity contribution in [2.45, 2.75) is 11.1 Å². The van der Waals surface area contributed by atoms with Crippen molar-refractivity contribution in [3.8, 4) is 0 Å². The van der Waals surface area contributed by atoms with Crippen LogP contribution >= 0.6 is 15.9 Å². The van der Waals surface area contributed by atoms with E-state index in [0.29, 0.717) is 0 Å². The van der Waals surface area contributed by atoms with Gasteiger partial charge in [-0.05, 0) is 34.0 Å². The molecule has 0 radical (unpaired) electrons. The molecule has 1 N–H and O–H groups in total. The Balaban J connectivity index is 3.14. The van der Waals surface area contributed by atoms with Crippen LogP contribution in [0.2, 0.25) is 0 Å². The first-order chi connectivity index (χ1) is 3.18. The van der Waals surface area contributed by atoms with Crippen LogP contribution in [0.1, 0.15) is 6.92 Å². The second-order valence-corrected chi connectivity index (χ2v) is 4.76. The number of halogens is 1. The molecule has 0 aromatic heterocycles. The van der Waals surface area contributed by atoms with Gasteiger partial charge in [-0.3, -0.25) is 0 Å². The summed E-state index contributed by atoms with van der Waals surface area (Å²) in [7, 11) is 0. The molecule has 2 unspecified atom stereocenters. The monoisotopic (exact) mass is 186 g/mol. The molecule has 0 aliphatic heterocycles. The highest BCUT2D eigenvalue weighted by Crippen LogP contribution is 2.06. The Labute approximate surface area is 54.2 Å². The van der Waals surface area contributed by atoms with E-state index in [1.807, 2.05) is 0 Å². The largest absolute Gasteiger partial charge is 0.614 e. The van der Waals surface area contributed by atoms with Gasteiger partial charge in [0.2, 0.25) is 5.94 Å². The number of rotatable bonds is 2. The van der Waals surface area contributed by atoms with Crippen LogP contribution in [0.3, 0.4) is 0 Å². The van der Waals surface area contributed by atoms with Crippen LogP contribution in [-0.2, 0) is 11.2 Å². The molecule has 0 bridgehead atoms.